The van der Waals surface area contributed by atoms with Crippen molar-refractivity contribution in [3.63, 3.8) is 0 Å². The Hall–Kier alpha value is -0.720. The lowest BCUT2D eigenvalue weighted by Crippen LogP contribution is -2.08. The molecule has 0 amide bonds. The fourth-order valence-corrected chi connectivity index (χ4v) is 0.141. The van der Waals surface area contributed by atoms with Crippen LogP contribution < -0.4 is 5.73 Å². The highest BCUT2D eigenvalue weighted by atomic mass is 31.2. The third-order valence-corrected chi connectivity index (χ3v) is 0.392. The van der Waals surface area contributed by atoms with Crippen LogP contribution in [0.2, 0.25) is 0 Å². The number of carbonyl (C=O) groups excluding carboxylic acids is 1. The van der Waals surface area contributed by atoms with Gasteiger partial charge in [0, 0.05) is 6.08 Å². The largest absolute Gasteiger partial charge is 0.466 e. The molecule has 0 bridgehead atoms. The van der Waals surface area contributed by atoms with Gasteiger partial charge < -0.3 is 19.4 Å². The molecule has 0 rings (SSSR count). The molecule has 0 fully saturated rings. The van der Waals surface area contributed by atoms with E-state index >= 15 is 0 Å². The van der Waals surface area contributed by atoms with Crippen molar-refractivity contribution in [2.24, 2.45) is 5.73 Å². The van der Waals surface area contributed by atoms with Crippen LogP contribution in [0, 0.1) is 0 Å². The molecule has 0 spiro atoms. The summed E-state index contributed by atoms with van der Waals surface area (Å²) in [4.78, 5) is 31.6. The normalized spacial score (nSPS) is 9.33. The van der Waals surface area contributed by atoms with E-state index in [1.807, 2.05) is 0 Å². The lowest BCUT2D eigenvalue weighted by atomic mass is 10.7. The molecule has 7 nitrogen and oxygen atoms in total. The van der Waals surface area contributed by atoms with Crippen molar-refractivity contribution in [2.75, 3.05) is 6.73 Å². The molecule has 0 heterocycles. The van der Waals surface area contributed by atoms with Crippen LogP contribution in [0.4, 0.5) is 0 Å². The average molecular weight is 199 g/mol. The Morgan fingerprint density at radius 1 is 1.58 bits per heavy atom. The van der Waals surface area contributed by atoms with Crippen molar-refractivity contribution < 1.29 is 28.8 Å². The van der Waals surface area contributed by atoms with Crippen LogP contribution in [0.1, 0.15) is 0 Å². The lowest BCUT2D eigenvalue weighted by Gasteiger charge is -1.90. The third-order valence-electron chi connectivity index (χ3n) is 0.392. The summed E-state index contributed by atoms with van der Waals surface area (Å²) in [5, 5.41) is 0. The van der Waals surface area contributed by atoms with Crippen LogP contribution in [0.15, 0.2) is 12.7 Å². The summed E-state index contributed by atoms with van der Waals surface area (Å²) >= 11 is 0. The first-order chi connectivity index (χ1) is 5.31. The highest BCUT2D eigenvalue weighted by Crippen LogP contribution is 2.25. The number of phosphoric acid groups is 1. The standard InChI is InChI=1S/C4H7NO2.H3O4P/c1-2-4(6)7-3-5;1-5(2,3)4/h2H,1,3,5H2;(H3,1,2,3,4). The first-order valence-electron chi connectivity index (χ1n) is 2.58. The first-order valence-corrected chi connectivity index (χ1v) is 4.15. The van der Waals surface area contributed by atoms with Gasteiger partial charge >= 0.3 is 13.8 Å². The minimum atomic E-state index is -4.64. The molecule has 0 aromatic heterocycles. The lowest BCUT2D eigenvalue weighted by molar-refractivity contribution is -0.137. The minimum Gasteiger partial charge on any atom is -0.447 e. The molecule has 12 heavy (non-hydrogen) atoms. The summed E-state index contributed by atoms with van der Waals surface area (Å²) in [6, 6.07) is 0. The summed E-state index contributed by atoms with van der Waals surface area (Å²) < 4.78 is 13.1. The molecule has 5 N–H and O–H groups in total. The van der Waals surface area contributed by atoms with Gasteiger partial charge in [-0.15, -0.1) is 0 Å². The van der Waals surface area contributed by atoms with Gasteiger partial charge in [-0.2, -0.15) is 0 Å². The number of hydrogen-bond donors (Lipinski definition) is 4. The predicted octanol–water partition coefficient (Wildman–Crippen LogP) is -1.30. The Kier molecular flexibility index (Phi) is 8.03. The maximum absolute atomic E-state index is 9.99. The molecule has 0 aromatic rings. The van der Waals surface area contributed by atoms with E-state index in [0.29, 0.717) is 0 Å². The second-order valence-corrected chi connectivity index (χ2v) is 2.37. The Morgan fingerprint density at radius 2 is 1.92 bits per heavy atom. The van der Waals surface area contributed by atoms with Crippen LogP contribution in [0.5, 0.6) is 0 Å². The van der Waals surface area contributed by atoms with Crippen LogP contribution in [-0.4, -0.2) is 27.4 Å². The number of carbonyl (C=O) groups is 1. The maximum atomic E-state index is 9.99. The van der Waals surface area contributed by atoms with E-state index in [1.54, 1.807) is 0 Å². The average Bonchev–Trinajstić information content (AvgIpc) is 1.85. The highest BCUT2D eigenvalue weighted by molar-refractivity contribution is 7.45. The molecule has 0 aliphatic heterocycles. The van der Waals surface area contributed by atoms with Gasteiger partial charge in [-0.05, 0) is 0 Å². The zero-order valence-corrected chi connectivity index (χ0v) is 6.98. The minimum absolute atomic E-state index is 0.0785. The zero-order valence-electron chi connectivity index (χ0n) is 6.08. The molecular formula is C4H10NO6P. The fraction of sp³-hybridized carbons (Fsp3) is 0.250. The molecule has 0 atom stereocenters. The Bertz CT molecular complexity index is 178. The van der Waals surface area contributed by atoms with Crippen LogP contribution in [0.25, 0.3) is 0 Å². The highest BCUT2D eigenvalue weighted by Gasteiger charge is 2.00. The van der Waals surface area contributed by atoms with Crippen molar-refractivity contribution in [3.8, 4) is 0 Å². The number of nitrogens with two attached hydrogens (primary N) is 1. The number of ether oxygens (including phenoxy) is 1. The molecule has 0 saturated carbocycles. The van der Waals surface area contributed by atoms with Crippen molar-refractivity contribution in [3.05, 3.63) is 12.7 Å². The first kappa shape index (κ1) is 13.8. The van der Waals surface area contributed by atoms with Gasteiger partial charge in [0.2, 0.25) is 0 Å². The Morgan fingerprint density at radius 3 is 2.00 bits per heavy atom. The topological polar surface area (TPSA) is 130 Å². The van der Waals surface area contributed by atoms with Crippen molar-refractivity contribution in [1.82, 2.24) is 0 Å². The number of hydrogen-bond acceptors (Lipinski definition) is 4. The summed E-state index contributed by atoms with van der Waals surface area (Å²) in [7, 11) is -4.64. The number of esters is 1. The molecule has 0 aliphatic rings. The number of rotatable bonds is 2. The Balaban J connectivity index is 0. The summed E-state index contributed by atoms with van der Waals surface area (Å²) in [6.45, 7) is 3.07. The van der Waals surface area contributed by atoms with Gasteiger partial charge in [-0.25, -0.2) is 9.36 Å². The van der Waals surface area contributed by atoms with E-state index in [9.17, 15) is 4.79 Å². The molecule has 0 unspecified atom stereocenters. The Labute approximate surface area is 68.7 Å². The van der Waals surface area contributed by atoms with E-state index < -0.39 is 13.8 Å². The smallest absolute Gasteiger partial charge is 0.447 e. The van der Waals surface area contributed by atoms with Gasteiger partial charge in [0.25, 0.3) is 0 Å². The van der Waals surface area contributed by atoms with Gasteiger partial charge in [-0.3, -0.25) is 5.73 Å². The van der Waals surface area contributed by atoms with E-state index in [4.69, 9.17) is 25.0 Å². The van der Waals surface area contributed by atoms with Crippen molar-refractivity contribution in [1.29, 1.82) is 0 Å². The summed E-state index contributed by atoms with van der Waals surface area (Å²) in [5.41, 5.74) is 4.81. The van der Waals surface area contributed by atoms with Crippen LogP contribution >= 0.6 is 7.82 Å². The maximum Gasteiger partial charge on any atom is 0.466 e. The molecule has 0 radical (unpaired) electrons. The molecule has 0 aliphatic carbocycles. The molecule has 8 heteroatoms. The quantitative estimate of drug-likeness (QED) is 0.188. The van der Waals surface area contributed by atoms with E-state index in [2.05, 4.69) is 11.3 Å². The predicted molar refractivity (Wildman–Crippen MR) is 39.6 cm³/mol. The molecular weight excluding hydrogens is 189 g/mol. The van der Waals surface area contributed by atoms with Gasteiger partial charge in [0.15, 0.2) is 0 Å². The van der Waals surface area contributed by atoms with E-state index in [1.165, 1.54) is 0 Å². The van der Waals surface area contributed by atoms with Crippen LogP contribution in [0.3, 0.4) is 0 Å². The second-order valence-electron chi connectivity index (χ2n) is 1.35. The molecule has 0 aromatic carbocycles. The summed E-state index contributed by atoms with van der Waals surface area (Å²) in [5.74, 6) is -0.484. The second kappa shape index (κ2) is 6.96. The fourth-order valence-electron chi connectivity index (χ4n) is 0.141. The molecule has 0 saturated heterocycles. The van der Waals surface area contributed by atoms with Gasteiger partial charge in [0.05, 0.1) is 0 Å². The van der Waals surface area contributed by atoms with Crippen LogP contribution in [-0.2, 0) is 14.1 Å². The van der Waals surface area contributed by atoms with Crippen molar-refractivity contribution >= 4 is 13.8 Å². The van der Waals surface area contributed by atoms with E-state index in [-0.39, 0.29) is 6.73 Å². The van der Waals surface area contributed by atoms with E-state index in [0.717, 1.165) is 6.08 Å². The van der Waals surface area contributed by atoms with Gasteiger partial charge in [0.1, 0.15) is 6.73 Å². The van der Waals surface area contributed by atoms with Crippen molar-refractivity contribution in [2.45, 2.75) is 0 Å². The monoisotopic (exact) mass is 199 g/mol. The molecule has 72 valence electrons. The van der Waals surface area contributed by atoms with Gasteiger partial charge in [-0.1, -0.05) is 6.58 Å². The summed E-state index contributed by atoms with van der Waals surface area (Å²) in [6.07, 6.45) is 1.06. The zero-order chi connectivity index (χ0) is 10.2. The SMILES string of the molecule is C=CC(=O)OCN.O=P(O)(O)O. The third kappa shape index (κ3) is 34.7.